The molecule has 0 aliphatic rings. The van der Waals surface area contributed by atoms with Crippen molar-refractivity contribution in [1.29, 1.82) is 0 Å². The van der Waals surface area contributed by atoms with Gasteiger partial charge in [-0.15, -0.1) is 11.3 Å². The van der Waals surface area contributed by atoms with Gasteiger partial charge in [0.1, 0.15) is 4.34 Å². The molecule has 4 nitrogen and oxygen atoms in total. The molecule has 0 atom stereocenters. The van der Waals surface area contributed by atoms with Gasteiger partial charge in [0.25, 0.3) is 0 Å². The van der Waals surface area contributed by atoms with Crippen molar-refractivity contribution < 1.29 is 0 Å². The van der Waals surface area contributed by atoms with E-state index in [1.807, 2.05) is 36.6 Å². The lowest BCUT2D eigenvalue weighted by atomic mass is 10.1. The van der Waals surface area contributed by atoms with Crippen molar-refractivity contribution in [1.82, 2.24) is 15.0 Å². The summed E-state index contributed by atoms with van der Waals surface area (Å²) in [6.07, 6.45) is 3.79. The first-order chi connectivity index (χ1) is 10.2. The zero-order valence-electron chi connectivity index (χ0n) is 11.1. The van der Waals surface area contributed by atoms with Gasteiger partial charge in [0.15, 0.2) is 0 Å². The molecule has 0 radical (unpaired) electrons. The molecule has 2 heterocycles. The molecule has 1 aromatic carbocycles. The number of nitrogens with two attached hydrogens (primary N) is 1. The van der Waals surface area contributed by atoms with Gasteiger partial charge in [-0.25, -0.2) is 15.0 Å². The van der Waals surface area contributed by atoms with Crippen LogP contribution in [0.4, 0.5) is 5.95 Å². The van der Waals surface area contributed by atoms with Gasteiger partial charge in [0.2, 0.25) is 5.95 Å². The summed E-state index contributed by atoms with van der Waals surface area (Å²) in [6, 6.07) is 9.42. The summed E-state index contributed by atoms with van der Waals surface area (Å²) in [6.45, 7) is 0. The third-order valence-corrected chi connectivity index (χ3v) is 5.15. The molecule has 2 N–H and O–H groups in total. The summed E-state index contributed by atoms with van der Waals surface area (Å²) in [4.78, 5) is 13.8. The highest BCUT2D eigenvalue weighted by Gasteiger charge is 2.11. The molecule has 0 aliphatic heterocycles. The van der Waals surface area contributed by atoms with E-state index in [2.05, 4.69) is 15.0 Å². The Morgan fingerprint density at radius 3 is 2.67 bits per heavy atom. The number of nitrogen functional groups attached to an aromatic ring is 1. The monoisotopic (exact) mass is 334 g/mol. The first kappa shape index (κ1) is 14.3. The minimum atomic E-state index is 0.224. The molecule has 0 saturated heterocycles. The summed E-state index contributed by atoms with van der Waals surface area (Å²) in [7, 11) is 0. The molecular weight excluding hydrogens is 324 g/mol. The van der Waals surface area contributed by atoms with E-state index in [9.17, 15) is 0 Å². The quantitative estimate of drug-likeness (QED) is 0.726. The molecule has 0 aliphatic carbocycles. The second-order valence-corrected chi connectivity index (χ2v) is 6.66. The number of nitrogens with zero attached hydrogens (tertiary/aromatic N) is 3. The Bertz CT molecular complexity index is 788. The van der Waals surface area contributed by atoms with E-state index < -0.39 is 0 Å². The van der Waals surface area contributed by atoms with Crippen molar-refractivity contribution >= 4 is 40.6 Å². The fourth-order valence-electron chi connectivity index (χ4n) is 1.87. The van der Waals surface area contributed by atoms with E-state index in [4.69, 9.17) is 17.3 Å². The number of thioether (sulfide) groups is 1. The van der Waals surface area contributed by atoms with Gasteiger partial charge in [0, 0.05) is 16.8 Å². The maximum atomic E-state index is 6.22. The maximum Gasteiger partial charge on any atom is 0.221 e. The third-order valence-electron chi connectivity index (χ3n) is 2.80. The normalized spacial score (nSPS) is 10.8. The summed E-state index contributed by atoms with van der Waals surface area (Å²) in [5, 5.41) is 0.635. The third kappa shape index (κ3) is 3.02. The summed E-state index contributed by atoms with van der Waals surface area (Å²) in [5.41, 5.74) is 8.14. The number of aromatic nitrogens is 3. The molecule has 0 fully saturated rings. The van der Waals surface area contributed by atoms with Crippen LogP contribution < -0.4 is 5.73 Å². The van der Waals surface area contributed by atoms with Crippen LogP contribution in [0.2, 0.25) is 5.02 Å². The summed E-state index contributed by atoms with van der Waals surface area (Å²) in [5.74, 6) is 0.224. The van der Waals surface area contributed by atoms with Gasteiger partial charge >= 0.3 is 0 Å². The number of hydrogen-bond donors (Lipinski definition) is 1. The topological polar surface area (TPSA) is 64.7 Å². The van der Waals surface area contributed by atoms with Crippen LogP contribution in [0, 0.1) is 0 Å². The Morgan fingerprint density at radius 2 is 1.95 bits per heavy atom. The van der Waals surface area contributed by atoms with Crippen molar-refractivity contribution in [2.24, 2.45) is 0 Å². The van der Waals surface area contributed by atoms with E-state index in [0.717, 1.165) is 20.5 Å². The standard InChI is InChI=1S/C14H11ClN4S2/c1-20-14-17-7-12(21-14)11-6-10(18-13(16)19-11)8-4-2-3-5-9(8)15/h2-7H,1H3,(H2,16,18,19). The average molecular weight is 335 g/mol. The Balaban J connectivity index is 2.10. The molecule has 2 aromatic heterocycles. The van der Waals surface area contributed by atoms with Crippen molar-refractivity contribution in [2.45, 2.75) is 4.34 Å². The lowest BCUT2D eigenvalue weighted by molar-refractivity contribution is 1.19. The Kier molecular flexibility index (Phi) is 4.10. The number of thiazole rings is 1. The van der Waals surface area contributed by atoms with Gasteiger partial charge in [-0.3, -0.25) is 0 Å². The van der Waals surface area contributed by atoms with Crippen molar-refractivity contribution in [3.8, 4) is 21.8 Å². The average Bonchev–Trinajstić information content (AvgIpc) is 2.96. The van der Waals surface area contributed by atoms with E-state index in [1.165, 1.54) is 0 Å². The first-order valence-electron chi connectivity index (χ1n) is 6.07. The van der Waals surface area contributed by atoms with E-state index >= 15 is 0 Å². The van der Waals surface area contributed by atoms with Crippen molar-refractivity contribution in [3.05, 3.63) is 41.6 Å². The van der Waals surface area contributed by atoms with Crippen LogP contribution in [0.3, 0.4) is 0 Å². The fourth-order valence-corrected chi connectivity index (χ4v) is 3.47. The van der Waals surface area contributed by atoms with Crippen molar-refractivity contribution in [3.63, 3.8) is 0 Å². The molecule has 21 heavy (non-hydrogen) atoms. The minimum Gasteiger partial charge on any atom is -0.368 e. The van der Waals surface area contributed by atoms with Gasteiger partial charge in [-0.1, -0.05) is 41.6 Å². The first-order valence-corrected chi connectivity index (χ1v) is 8.49. The highest BCUT2D eigenvalue weighted by molar-refractivity contribution is 8.00. The van der Waals surface area contributed by atoms with E-state index in [1.54, 1.807) is 29.3 Å². The van der Waals surface area contributed by atoms with Crippen LogP contribution in [0.15, 0.2) is 40.9 Å². The van der Waals surface area contributed by atoms with Gasteiger partial charge in [-0.05, 0) is 18.4 Å². The smallest absolute Gasteiger partial charge is 0.221 e. The number of hydrogen-bond acceptors (Lipinski definition) is 6. The highest BCUT2D eigenvalue weighted by atomic mass is 35.5. The number of halogens is 1. The van der Waals surface area contributed by atoms with Crippen LogP contribution in [-0.2, 0) is 0 Å². The zero-order chi connectivity index (χ0) is 14.8. The fraction of sp³-hybridized carbons (Fsp3) is 0.0714. The Morgan fingerprint density at radius 1 is 1.19 bits per heavy atom. The second kappa shape index (κ2) is 6.01. The molecule has 0 amide bonds. The maximum absolute atomic E-state index is 6.22. The highest BCUT2D eigenvalue weighted by Crippen LogP contribution is 2.33. The molecule has 0 spiro atoms. The van der Waals surface area contributed by atoms with Crippen LogP contribution in [-0.4, -0.2) is 21.2 Å². The Labute approximate surface area is 135 Å². The minimum absolute atomic E-state index is 0.224. The molecule has 0 unspecified atom stereocenters. The number of rotatable bonds is 3. The lowest BCUT2D eigenvalue weighted by Crippen LogP contribution is -1.98. The van der Waals surface area contributed by atoms with Crippen LogP contribution in [0.5, 0.6) is 0 Å². The van der Waals surface area contributed by atoms with Gasteiger partial charge in [-0.2, -0.15) is 0 Å². The van der Waals surface area contributed by atoms with E-state index in [-0.39, 0.29) is 5.95 Å². The van der Waals surface area contributed by atoms with Crippen LogP contribution in [0.25, 0.3) is 21.8 Å². The Hall–Kier alpha value is -1.63. The van der Waals surface area contributed by atoms with Gasteiger partial charge < -0.3 is 5.73 Å². The van der Waals surface area contributed by atoms with Crippen molar-refractivity contribution in [2.75, 3.05) is 12.0 Å². The van der Waals surface area contributed by atoms with E-state index in [0.29, 0.717) is 10.7 Å². The molecular formula is C14H11ClN4S2. The largest absolute Gasteiger partial charge is 0.368 e. The summed E-state index contributed by atoms with van der Waals surface area (Å²) < 4.78 is 0.987. The van der Waals surface area contributed by atoms with Gasteiger partial charge in [0.05, 0.1) is 16.3 Å². The SMILES string of the molecule is CSc1ncc(-c2cc(-c3ccccc3Cl)nc(N)n2)s1. The summed E-state index contributed by atoms with van der Waals surface area (Å²) >= 11 is 9.40. The molecule has 0 bridgehead atoms. The lowest BCUT2D eigenvalue weighted by Gasteiger charge is -2.06. The molecule has 0 saturated carbocycles. The predicted molar refractivity (Wildman–Crippen MR) is 89.8 cm³/mol. The molecule has 7 heteroatoms. The molecule has 106 valence electrons. The zero-order valence-corrected chi connectivity index (χ0v) is 13.5. The van der Waals surface area contributed by atoms with Crippen LogP contribution >= 0.6 is 34.7 Å². The van der Waals surface area contributed by atoms with Crippen LogP contribution in [0.1, 0.15) is 0 Å². The number of anilines is 1. The molecule has 3 aromatic rings. The second-order valence-electron chi connectivity index (χ2n) is 4.17. The number of benzene rings is 1. The molecule has 3 rings (SSSR count). The predicted octanol–water partition coefficient (Wildman–Crippen LogP) is 4.22.